The third-order valence-corrected chi connectivity index (χ3v) is 5.10. The highest BCUT2D eigenvalue weighted by Gasteiger charge is 2.29. The van der Waals surface area contributed by atoms with Crippen LogP contribution in [0.25, 0.3) is 16.2 Å². The van der Waals surface area contributed by atoms with E-state index in [0.717, 1.165) is 25.8 Å². The maximum Gasteiger partial charge on any atom is 0.213 e. The van der Waals surface area contributed by atoms with E-state index >= 15 is 0 Å². The number of halogens is 2. The van der Waals surface area contributed by atoms with E-state index < -0.39 is 0 Å². The fourth-order valence-electron chi connectivity index (χ4n) is 2.08. The number of nitrogens with zero attached hydrogens (tertiary/aromatic N) is 3. The molecule has 4 rings (SSSR count). The monoisotopic (exact) mass is 353 g/mol. The molecule has 0 atom stereocenters. The van der Waals surface area contributed by atoms with Crippen LogP contribution >= 0.6 is 38.9 Å². The van der Waals surface area contributed by atoms with Crippen LogP contribution in [-0.4, -0.2) is 14.6 Å². The van der Waals surface area contributed by atoms with Crippen molar-refractivity contribution >= 4 is 43.8 Å². The van der Waals surface area contributed by atoms with Crippen LogP contribution < -0.4 is 0 Å². The Morgan fingerprint density at radius 3 is 2.68 bits per heavy atom. The van der Waals surface area contributed by atoms with Gasteiger partial charge in [-0.2, -0.15) is 5.10 Å². The first-order valence-electron chi connectivity index (χ1n) is 6.03. The standard InChI is InChI=1S/C13H9BrClN3S/c14-11-10(7-3-5-9(15)6-4-7)18-13(16-11)19-12(17-18)8-1-2-8/h3-6,8H,1-2H2. The lowest BCUT2D eigenvalue weighted by Gasteiger charge is -2.00. The summed E-state index contributed by atoms with van der Waals surface area (Å²) in [6, 6.07) is 7.76. The van der Waals surface area contributed by atoms with Crippen LogP contribution in [0.1, 0.15) is 23.8 Å². The van der Waals surface area contributed by atoms with Gasteiger partial charge < -0.3 is 0 Å². The average molecular weight is 355 g/mol. The molecule has 0 N–H and O–H groups in total. The van der Waals surface area contributed by atoms with Gasteiger partial charge in [0.15, 0.2) is 0 Å². The molecule has 1 saturated carbocycles. The molecule has 2 aromatic heterocycles. The molecule has 0 aliphatic heterocycles. The summed E-state index contributed by atoms with van der Waals surface area (Å²) in [6.45, 7) is 0. The van der Waals surface area contributed by atoms with Gasteiger partial charge in [0.05, 0.1) is 0 Å². The molecule has 2 heterocycles. The topological polar surface area (TPSA) is 30.2 Å². The molecule has 3 nitrogen and oxygen atoms in total. The summed E-state index contributed by atoms with van der Waals surface area (Å²) in [6.07, 6.45) is 2.52. The molecular weight excluding hydrogens is 346 g/mol. The minimum Gasteiger partial charge on any atom is -0.210 e. The molecule has 0 radical (unpaired) electrons. The zero-order valence-electron chi connectivity index (χ0n) is 9.81. The molecule has 1 aliphatic carbocycles. The summed E-state index contributed by atoms with van der Waals surface area (Å²) >= 11 is 11.1. The van der Waals surface area contributed by atoms with E-state index in [2.05, 4.69) is 20.9 Å². The Hall–Kier alpha value is -0.910. The van der Waals surface area contributed by atoms with Gasteiger partial charge >= 0.3 is 0 Å². The molecule has 3 aromatic rings. The van der Waals surface area contributed by atoms with Gasteiger partial charge in [0.25, 0.3) is 0 Å². The predicted molar refractivity (Wildman–Crippen MR) is 81.0 cm³/mol. The first kappa shape index (κ1) is 11.9. The van der Waals surface area contributed by atoms with Crippen molar-refractivity contribution in [2.75, 3.05) is 0 Å². The van der Waals surface area contributed by atoms with E-state index in [0.29, 0.717) is 5.92 Å². The summed E-state index contributed by atoms with van der Waals surface area (Å²) in [5.41, 5.74) is 2.06. The first-order valence-corrected chi connectivity index (χ1v) is 8.02. The van der Waals surface area contributed by atoms with Crippen LogP contribution in [0.15, 0.2) is 28.9 Å². The van der Waals surface area contributed by atoms with Crippen molar-refractivity contribution in [3.63, 3.8) is 0 Å². The number of fused-ring (bicyclic) bond motifs is 1. The predicted octanol–water partition coefficient (Wildman–Crippen LogP) is 4.75. The minimum atomic E-state index is 0.656. The average Bonchev–Trinajstić information content (AvgIpc) is 3.09. The van der Waals surface area contributed by atoms with E-state index in [1.165, 1.54) is 17.8 Å². The van der Waals surface area contributed by atoms with Gasteiger partial charge in [-0.3, -0.25) is 0 Å². The number of benzene rings is 1. The fourth-order valence-corrected chi connectivity index (χ4v) is 3.96. The van der Waals surface area contributed by atoms with E-state index in [9.17, 15) is 0 Å². The quantitative estimate of drug-likeness (QED) is 0.664. The van der Waals surface area contributed by atoms with Crippen LogP contribution in [0.3, 0.4) is 0 Å². The Morgan fingerprint density at radius 2 is 2.00 bits per heavy atom. The summed E-state index contributed by atoms with van der Waals surface area (Å²) < 4.78 is 2.77. The number of imidazole rings is 1. The highest BCUT2D eigenvalue weighted by atomic mass is 79.9. The normalized spacial score (nSPS) is 15.3. The maximum atomic E-state index is 5.94. The Balaban J connectivity index is 1.91. The molecule has 19 heavy (non-hydrogen) atoms. The number of hydrogen-bond acceptors (Lipinski definition) is 3. The second-order valence-corrected chi connectivity index (χ2v) is 6.84. The zero-order valence-corrected chi connectivity index (χ0v) is 13.0. The van der Waals surface area contributed by atoms with Gasteiger partial charge in [0.2, 0.25) is 4.96 Å². The van der Waals surface area contributed by atoms with Crippen LogP contribution in [0.4, 0.5) is 0 Å². The highest BCUT2D eigenvalue weighted by molar-refractivity contribution is 9.10. The van der Waals surface area contributed by atoms with Crippen molar-refractivity contribution in [1.29, 1.82) is 0 Å². The third-order valence-electron chi connectivity index (χ3n) is 3.22. The van der Waals surface area contributed by atoms with Crippen LogP contribution in [-0.2, 0) is 0 Å². The summed E-state index contributed by atoms with van der Waals surface area (Å²) in [5, 5.41) is 6.64. The maximum absolute atomic E-state index is 5.94. The molecule has 0 unspecified atom stereocenters. The summed E-state index contributed by atoms with van der Waals surface area (Å²) in [5.74, 6) is 0.656. The van der Waals surface area contributed by atoms with Crippen LogP contribution in [0.5, 0.6) is 0 Å². The third kappa shape index (κ3) is 2.00. The Bertz CT molecular complexity index is 758. The minimum absolute atomic E-state index is 0.656. The SMILES string of the molecule is Clc1ccc(-c2c(Br)nc3sc(C4CC4)nn23)cc1. The molecule has 1 aromatic carbocycles. The van der Waals surface area contributed by atoms with Crippen molar-refractivity contribution in [2.24, 2.45) is 0 Å². The van der Waals surface area contributed by atoms with Crippen LogP contribution in [0.2, 0.25) is 5.02 Å². The van der Waals surface area contributed by atoms with E-state index in [1.807, 2.05) is 28.8 Å². The lowest BCUT2D eigenvalue weighted by Crippen LogP contribution is -1.90. The molecular formula is C13H9BrClN3S. The van der Waals surface area contributed by atoms with Gasteiger partial charge in [0, 0.05) is 16.5 Å². The molecule has 0 amide bonds. The molecule has 0 bridgehead atoms. The van der Waals surface area contributed by atoms with Gasteiger partial charge in [0.1, 0.15) is 15.3 Å². The van der Waals surface area contributed by atoms with E-state index in [4.69, 9.17) is 16.7 Å². The first-order chi connectivity index (χ1) is 9.22. The van der Waals surface area contributed by atoms with Crippen LogP contribution in [0, 0.1) is 0 Å². The largest absolute Gasteiger partial charge is 0.213 e. The van der Waals surface area contributed by atoms with Crippen molar-refractivity contribution in [2.45, 2.75) is 18.8 Å². The van der Waals surface area contributed by atoms with E-state index in [-0.39, 0.29) is 0 Å². The van der Waals surface area contributed by atoms with Gasteiger partial charge in [-0.15, -0.1) is 0 Å². The molecule has 96 valence electrons. The van der Waals surface area contributed by atoms with E-state index in [1.54, 1.807) is 11.3 Å². The number of hydrogen-bond donors (Lipinski definition) is 0. The van der Waals surface area contributed by atoms with Gasteiger partial charge in [-0.1, -0.05) is 35.1 Å². The van der Waals surface area contributed by atoms with Crippen molar-refractivity contribution < 1.29 is 0 Å². The van der Waals surface area contributed by atoms with Gasteiger partial charge in [-0.25, -0.2) is 9.50 Å². The molecule has 1 fully saturated rings. The number of rotatable bonds is 2. The Kier molecular flexibility index (Phi) is 2.69. The molecule has 0 spiro atoms. The zero-order chi connectivity index (χ0) is 13.0. The molecule has 6 heteroatoms. The second kappa shape index (κ2) is 4.30. The summed E-state index contributed by atoms with van der Waals surface area (Å²) in [7, 11) is 0. The highest BCUT2D eigenvalue weighted by Crippen LogP contribution is 2.43. The fraction of sp³-hybridized carbons (Fsp3) is 0.231. The lowest BCUT2D eigenvalue weighted by atomic mass is 10.2. The van der Waals surface area contributed by atoms with Crippen molar-refractivity contribution in [1.82, 2.24) is 14.6 Å². The van der Waals surface area contributed by atoms with Gasteiger partial charge in [-0.05, 0) is 40.9 Å². The Morgan fingerprint density at radius 1 is 1.26 bits per heavy atom. The molecule has 0 saturated heterocycles. The molecule has 1 aliphatic rings. The van der Waals surface area contributed by atoms with Crippen molar-refractivity contribution in [3.8, 4) is 11.3 Å². The smallest absolute Gasteiger partial charge is 0.210 e. The van der Waals surface area contributed by atoms with Crippen molar-refractivity contribution in [3.05, 3.63) is 38.9 Å². The Labute approximate surface area is 127 Å². The lowest BCUT2D eigenvalue weighted by molar-refractivity contribution is 0.909. The number of aromatic nitrogens is 3. The second-order valence-electron chi connectivity index (χ2n) is 4.67. The summed E-state index contributed by atoms with van der Waals surface area (Å²) in [4.78, 5) is 5.49.